The Bertz CT molecular complexity index is 3240. The number of hydrogen-bond donors (Lipinski definition) is 2. The monoisotopic (exact) mass is 870 g/mol. The number of aromatic hydroxyl groups is 2. The van der Waals surface area contributed by atoms with Gasteiger partial charge in [-0.05, 0) is 148 Å². The molecular formula is C66H46O2. The van der Waals surface area contributed by atoms with E-state index in [9.17, 15) is 10.2 Å². The molecule has 2 N–H and O–H groups in total. The molecule has 11 aromatic rings. The van der Waals surface area contributed by atoms with Gasteiger partial charge in [0.25, 0.3) is 0 Å². The number of phenols is 2. The zero-order valence-corrected chi connectivity index (χ0v) is 37.3. The van der Waals surface area contributed by atoms with Gasteiger partial charge in [0.2, 0.25) is 0 Å². The van der Waals surface area contributed by atoms with Crippen LogP contribution in [0.1, 0.15) is 0 Å². The lowest BCUT2D eigenvalue weighted by Crippen LogP contribution is -1.99. The minimum absolute atomic E-state index is 0.230. The topological polar surface area (TPSA) is 40.5 Å². The highest BCUT2D eigenvalue weighted by atomic mass is 16.3. The molecule has 0 amide bonds. The van der Waals surface area contributed by atoms with Gasteiger partial charge in [-0.25, -0.2) is 0 Å². The maximum Gasteiger partial charge on any atom is 0.115 e. The van der Waals surface area contributed by atoms with E-state index >= 15 is 0 Å². The molecule has 2 heteroatoms. The van der Waals surface area contributed by atoms with E-state index in [4.69, 9.17) is 0 Å². The molecule has 0 aliphatic heterocycles. The van der Waals surface area contributed by atoms with Crippen LogP contribution < -0.4 is 0 Å². The van der Waals surface area contributed by atoms with Crippen LogP contribution in [0, 0.1) is 0 Å². The van der Waals surface area contributed by atoms with Gasteiger partial charge < -0.3 is 10.2 Å². The van der Waals surface area contributed by atoms with Gasteiger partial charge >= 0.3 is 0 Å². The molecule has 0 heterocycles. The zero-order chi connectivity index (χ0) is 45.8. The van der Waals surface area contributed by atoms with Crippen molar-refractivity contribution >= 4 is 0 Å². The summed E-state index contributed by atoms with van der Waals surface area (Å²) in [4.78, 5) is 0. The van der Waals surface area contributed by atoms with Gasteiger partial charge in [0, 0.05) is 0 Å². The average Bonchev–Trinajstić information content (AvgIpc) is 3.42. The Balaban J connectivity index is 1.21. The van der Waals surface area contributed by atoms with Crippen LogP contribution in [0.5, 0.6) is 11.5 Å². The second-order valence-corrected chi connectivity index (χ2v) is 17.1. The van der Waals surface area contributed by atoms with Gasteiger partial charge in [0.15, 0.2) is 0 Å². The Morgan fingerprint density at radius 3 is 0.588 bits per heavy atom. The second kappa shape index (κ2) is 18.5. The molecule has 0 unspecified atom stereocenters. The van der Waals surface area contributed by atoms with Crippen molar-refractivity contribution in [3.8, 4) is 123 Å². The summed E-state index contributed by atoms with van der Waals surface area (Å²) >= 11 is 0. The van der Waals surface area contributed by atoms with E-state index in [0.29, 0.717) is 0 Å². The summed E-state index contributed by atoms with van der Waals surface area (Å²) in [6, 6.07) is 93.2. The van der Waals surface area contributed by atoms with Crippen molar-refractivity contribution in [1.29, 1.82) is 0 Å². The largest absolute Gasteiger partial charge is 0.508 e. The quantitative estimate of drug-likeness (QED) is 0.144. The van der Waals surface area contributed by atoms with E-state index in [1.807, 2.05) is 24.3 Å². The lowest BCUT2D eigenvalue weighted by atomic mass is 9.78. The summed E-state index contributed by atoms with van der Waals surface area (Å²) in [5.41, 5.74) is 22.0. The van der Waals surface area contributed by atoms with Crippen LogP contribution in [0.3, 0.4) is 0 Å². The summed E-state index contributed by atoms with van der Waals surface area (Å²) in [7, 11) is 0. The molecule has 0 fully saturated rings. The van der Waals surface area contributed by atoms with Gasteiger partial charge in [0.1, 0.15) is 11.5 Å². The number of hydrogen-bond acceptors (Lipinski definition) is 2. The van der Waals surface area contributed by atoms with Crippen LogP contribution in [0.2, 0.25) is 0 Å². The van der Waals surface area contributed by atoms with Crippen LogP contribution in [-0.4, -0.2) is 10.2 Å². The third kappa shape index (κ3) is 8.06. The molecule has 0 saturated heterocycles. The van der Waals surface area contributed by atoms with E-state index in [-0.39, 0.29) is 11.5 Å². The Kier molecular flexibility index (Phi) is 11.3. The first-order valence-corrected chi connectivity index (χ1v) is 23.0. The normalized spacial score (nSPS) is 11.1. The molecule has 0 aliphatic carbocycles. The fourth-order valence-corrected chi connectivity index (χ4v) is 9.79. The number of benzene rings is 11. The first-order valence-electron chi connectivity index (χ1n) is 23.0. The van der Waals surface area contributed by atoms with Crippen LogP contribution in [-0.2, 0) is 0 Å². The lowest BCUT2D eigenvalue weighted by molar-refractivity contribution is 0.475. The molecule has 0 aromatic heterocycles. The molecule has 68 heavy (non-hydrogen) atoms. The van der Waals surface area contributed by atoms with Gasteiger partial charge in [-0.15, -0.1) is 0 Å². The highest BCUT2D eigenvalue weighted by Crippen LogP contribution is 2.53. The third-order valence-corrected chi connectivity index (χ3v) is 12.9. The lowest BCUT2D eigenvalue weighted by Gasteiger charge is -2.25. The van der Waals surface area contributed by atoms with Crippen LogP contribution in [0.25, 0.3) is 111 Å². The standard InChI is InChI=1S/C66H46O2/c67-55-39-35-53(36-40-55)63-57(45-19-7-1-8-20-45)43-59(61(49-23-11-3-12-24-49)65(63)51-27-15-5-16-28-51)47-31-33-48(34-32-47)60-44-58(46-21-9-2-10-22-46)64(54-37-41-56(68)42-38-54)66(52-29-17-6-18-30-52)62(60)50-25-13-4-14-26-50/h1-44,67-68H. The van der Waals surface area contributed by atoms with Crippen molar-refractivity contribution in [3.05, 3.63) is 267 Å². The first-order chi connectivity index (χ1) is 33.6. The van der Waals surface area contributed by atoms with E-state index in [0.717, 1.165) is 111 Å². The maximum atomic E-state index is 10.5. The molecule has 11 aromatic carbocycles. The van der Waals surface area contributed by atoms with Gasteiger partial charge in [-0.1, -0.05) is 231 Å². The molecule has 0 bridgehead atoms. The van der Waals surface area contributed by atoms with Crippen molar-refractivity contribution in [2.75, 3.05) is 0 Å². The fraction of sp³-hybridized carbons (Fsp3) is 0. The van der Waals surface area contributed by atoms with Crippen LogP contribution in [0.4, 0.5) is 0 Å². The van der Waals surface area contributed by atoms with Crippen molar-refractivity contribution in [3.63, 3.8) is 0 Å². The van der Waals surface area contributed by atoms with Crippen molar-refractivity contribution in [2.24, 2.45) is 0 Å². The van der Waals surface area contributed by atoms with Crippen LogP contribution in [0.15, 0.2) is 267 Å². The van der Waals surface area contributed by atoms with E-state index in [1.54, 1.807) is 24.3 Å². The third-order valence-electron chi connectivity index (χ3n) is 12.9. The highest BCUT2D eigenvalue weighted by molar-refractivity contribution is 6.09. The van der Waals surface area contributed by atoms with Gasteiger partial charge in [-0.3, -0.25) is 0 Å². The SMILES string of the molecule is Oc1ccc(-c2c(-c3ccccc3)cc(-c3ccc(-c4cc(-c5ccccc5)c(-c5ccc(O)cc5)c(-c5ccccc5)c4-c4ccccc4)cc3)c(-c3ccccc3)c2-c2ccccc2)cc1. The second-order valence-electron chi connectivity index (χ2n) is 17.1. The molecular weight excluding hydrogens is 825 g/mol. The Morgan fingerprint density at radius 1 is 0.162 bits per heavy atom. The predicted octanol–water partition coefficient (Wildman–Crippen LogP) is 17.8. The van der Waals surface area contributed by atoms with Crippen molar-refractivity contribution < 1.29 is 10.2 Å². The number of phenolic OH excluding ortho intramolecular Hbond substituents is 2. The molecule has 0 radical (unpaired) electrons. The number of rotatable bonds is 10. The molecule has 11 rings (SSSR count). The molecule has 0 spiro atoms. The predicted molar refractivity (Wildman–Crippen MR) is 284 cm³/mol. The summed E-state index contributed by atoms with van der Waals surface area (Å²) in [5.74, 6) is 0.460. The van der Waals surface area contributed by atoms with Gasteiger partial charge in [0.05, 0.1) is 0 Å². The molecule has 322 valence electrons. The summed E-state index contributed by atoms with van der Waals surface area (Å²) in [5, 5.41) is 21.0. The van der Waals surface area contributed by atoms with E-state index in [1.165, 1.54) is 0 Å². The van der Waals surface area contributed by atoms with E-state index in [2.05, 4.69) is 218 Å². The van der Waals surface area contributed by atoms with Crippen molar-refractivity contribution in [2.45, 2.75) is 0 Å². The van der Waals surface area contributed by atoms with Gasteiger partial charge in [-0.2, -0.15) is 0 Å². The zero-order valence-electron chi connectivity index (χ0n) is 37.3. The summed E-state index contributed by atoms with van der Waals surface area (Å²) in [6.45, 7) is 0. The molecule has 0 aliphatic rings. The Morgan fingerprint density at radius 2 is 0.338 bits per heavy atom. The Hall–Kier alpha value is -8.98. The minimum atomic E-state index is 0.230. The smallest absolute Gasteiger partial charge is 0.115 e. The summed E-state index contributed by atoms with van der Waals surface area (Å²) in [6.07, 6.45) is 0. The molecule has 2 nitrogen and oxygen atoms in total. The fourth-order valence-electron chi connectivity index (χ4n) is 9.79. The minimum Gasteiger partial charge on any atom is -0.508 e. The van der Waals surface area contributed by atoms with Crippen LogP contribution >= 0.6 is 0 Å². The van der Waals surface area contributed by atoms with E-state index < -0.39 is 0 Å². The highest BCUT2D eigenvalue weighted by Gasteiger charge is 2.26. The van der Waals surface area contributed by atoms with Crippen molar-refractivity contribution in [1.82, 2.24) is 0 Å². The molecule has 0 atom stereocenters. The molecule has 0 saturated carbocycles. The Labute approximate surface area is 398 Å². The first kappa shape index (κ1) is 41.7. The summed E-state index contributed by atoms with van der Waals surface area (Å²) < 4.78 is 0. The maximum absolute atomic E-state index is 10.5. The average molecular weight is 871 g/mol.